The van der Waals surface area contributed by atoms with Crippen LogP contribution in [0.2, 0.25) is 0 Å². The van der Waals surface area contributed by atoms with Crippen LogP contribution in [0.25, 0.3) is 0 Å². The highest BCUT2D eigenvalue weighted by atomic mass is 79.9. The Morgan fingerprint density at radius 1 is 1.20 bits per heavy atom. The summed E-state index contributed by atoms with van der Waals surface area (Å²) in [5, 5.41) is 0. The maximum atomic E-state index is 3.46. The molecule has 1 aliphatic heterocycles. The monoisotopic (exact) mass is 268 g/mol. The fourth-order valence-corrected chi connectivity index (χ4v) is 2.20. The van der Waals surface area contributed by atoms with Gasteiger partial charge < -0.3 is 9.80 Å². The van der Waals surface area contributed by atoms with E-state index in [0.717, 1.165) is 24.1 Å². The molecule has 2 rings (SSSR count). The Hall–Kier alpha value is -0.540. The quantitative estimate of drug-likeness (QED) is 0.773. The Labute approximate surface area is 100 Å². The van der Waals surface area contributed by atoms with E-state index >= 15 is 0 Å². The van der Waals surface area contributed by atoms with Crippen molar-refractivity contribution in [2.75, 3.05) is 31.6 Å². The van der Waals surface area contributed by atoms with E-state index in [4.69, 9.17) is 0 Å². The third-order valence-corrected chi connectivity index (χ3v) is 3.68. The van der Waals surface area contributed by atoms with Crippen LogP contribution in [0.5, 0.6) is 0 Å². The molecule has 82 valence electrons. The van der Waals surface area contributed by atoms with Crippen LogP contribution in [-0.4, -0.2) is 37.6 Å². The van der Waals surface area contributed by atoms with Gasteiger partial charge in [-0.05, 0) is 38.2 Å². The molecule has 0 radical (unpaired) electrons. The number of rotatable bonds is 1. The molecular weight excluding hydrogens is 252 g/mol. The number of halogens is 1. The Morgan fingerprint density at radius 3 is 2.47 bits per heavy atom. The van der Waals surface area contributed by atoms with Gasteiger partial charge in [-0.25, -0.2) is 0 Å². The predicted octanol–water partition coefficient (Wildman–Crippen LogP) is 2.59. The molecule has 1 aromatic rings. The van der Waals surface area contributed by atoms with Crippen molar-refractivity contribution < 1.29 is 0 Å². The van der Waals surface area contributed by atoms with Crippen LogP contribution in [0.1, 0.15) is 6.92 Å². The molecule has 0 N–H and O–H groups in total. The van der Waals surface area contributed by atoms with Crippen LogP contribution in [-0.2, 0) is 0 Å². The second-order valence-corrected chi connectivity index (χ2v) is 5.17. The lowest BCUT2D eigenvalue weighted by atomic mass is 10.2. The number of hydrogen-bond acceptors (Lipinski definition) is 2. The largest absolute Gasteiger partial charge is 0.369 e. The zero-order valence-corrected chi connectivity index (χ0v) is 10.9. The van der Waals surface area contributed by atoms with Gasteiger partial charge in [0, 0.05) is 35.8 Å². The van der Waals surface area contributed by atoms with Crippen molar-refractivity contribution in [2.24, 2.45) is 0 Å². The molecule has 0 aromatic heterocycles. The molecule has 0 spiro atoms. The molecule has 1 atom stereocenters. The molecule has 1 aromatic carbocycles. The lowest BCUT2D eigenvalue weighted by molar-refractivity contribution is 0.234. The first kappa shape index (κ1) is 11.0. The fraction of sp³-hybridized carbons (Fsp3) is 0.500. The zero-order chi connectivity index (χ0) is 10.8. The average Bonchev–Trinajstić information content (AvgIpc) is 2.23. The van der Waals surface area contributed by atoms with E-state index in [9.17, 15) is 0 Å². The summed E-state index contributed by atoms with van der Waals surface area (Å²) in [4.78, 5) is 4.87. The minimum Gasteiger partial charge on any atom is -0.369 e. The third kappa shape index (κ3) is 2.52. The van der Waals surface area contributed by atoms with Crippen molar-refractivity contribution in [2.45, 2.75) is 13.0 Å². The lowest BCUT2D eigenvalue weighted by Gasteiger charge is -2.39. The molecule has 0 saturated carbocycles. The van der Waals surface area contributed by atoms with Gasteiger partial charge in [-0.1, -0.05) is 15.9 Å². The highest BCUT2D eigenvalue weighted by Crippen LogP contribution is 2.20. The number of hydrogen-bond donors (Lipinski definition) is 0. The standard InChI is InChI=1S/C12H17BrN2/c1-10-9-15(8-7-14(10)2)12-5-3-11(13)4-6-12/h3-6,10H,7-9H2,1-2H3/t10-/m0/s1. The van der Waals surface area contributed by atoms with Crippen molar-refractivity contribution in [1.29, 1.82) is 0 Å². The molecule has 0 unspecified atom stereocenters. The number of anilines is 1. The molecule has 1 aliphatic rings. The van der Waals surface area contributed by atoms with Crippen molar-refractivity contribution >= 4 is 21.6 Å². The predicted molar refractivity (Wildman–Crippen MR) is 68.4 cm³/mol. The van der Waals surface area contributed by atoms with Gasteiger partial charge in [0.2, 0.25) is 0 Å². The van der Waals surface area contributed by atoms with Crippen molar-refractivity contribution in [3.05, 3.63) is 28.7 Å². The Morgan fingerprint density at radius 2 is 1.87 bits per heavy atom. The molecule has 3 heteroatoms. The summed E-state index contributed by atoms with van der Waals surface area (Å²) in [6.07, 6.45) is 0. The molecule has 1 heterocycles. The summed E-state index contributed by atoms with van der Waals surface area (Å²) in [7, 11) is 2.20. The van der Waals surface area contributed by atoms with Crippen molar-refractivity contribution in [3.63, 3.8) is 0 Å². The number of likely N-dealkylation sites (N-methyl/N-ethyl adjacent to an activating group) is 1. The van der Waals surface area contributed by atoms with E-state index in [1.54, 1.807) is 0 Å². The molecule has 15 heavy (non-hydrogen) atoms. The number of benzene rings is 1. The number of piperazine rings is 1. The van der Waals surface area contributed by atoms with Crippen LogP contribution in [0.15, 0.2) is 28.7 Å². The van der Waals surface area contributed by atoms with E-state index in [1.807, 2.05) is 0 Å². The van der Waals surface area contributed by atoms with Gasteiger partial charge in [0.05, 0.1) is 0 Å². The summed E-state index contributed by atoms with van der Waals surface area (Å²) < 4.78 is 1.15. The maximum Gasteiger partial charge on any atom is 0.0367 e. The Balaban J connectivity index is 2.08. The molecule has 0 amide bonds. The second kappa shape index (κ2) is 4.54. The molecule has 1 saturated heterocycles. The van der Waals surface area contributed by atoms with Crippen LogP contribution in [0.3, 0.4) is 0 Å². The van der Waals surface area contributed by atoms with Crippen molar-refractivity contribution in [1.82, 2.24) is 4.90 Å². The maximum absolute atomic E-state index is 3.46. The first-order valence-electron chi connectivity index (χ1n) is 5.37. The van der Waals surface area contributed by atoms with E-state index in [2.05, 4.69) is 64.0 Å². The molecule has 0 aliphatic carbocycles. The first-order valence-corrected chi connectivity index (χ1v) is 6.17. The summed E-state index contributed by atoms with van der Waals surface area (Å²) >= 11 is 3.46. The Kier molecular flexibility index (Phi) is 3.32. The molecule has 1 fully saturated rings. The van der Waals surface area contributed by atoms with E-state index in [-0.39, 0.29) is 0 Å². The topological polar surface area (TPSA) is 6.48 Å². The zero-order valence-electron chi connectivity index (χ0n) is 9.28. The first-order chi connectivity index (χ1) is 7.16. The minimum absolute atomic E-state index is 0.641. The highest BCUT2D eigenvalue weighted by Gasteiger charge is 2.20. The second-order valence-electron chi connectivity index (χ2n) is 4.25. The summed E-state index contributed by atoms with van der Waals surface area (Å²) in [6.45, 7) is 5.68. The van der Waals surface area contributed by atoms with Gasteiger partial charge in [0.1, 0.15) is 0 Å². The van der Waals surface area contributed by atoms with Gasteiger partial charge >= 0.3 is 0 Å². The lowest BCUT2D eigenvalue weighted by Crippen LogP contribution is -2.50. The van der Waals surface area contributed by atoms with Gasteiger partial charge in [0.25, 0.3) is 0 Å². The molecular formula is C12H17BrN2. The fourth-order valence-electron chi connectivity index (χ4n) is 1.93. The molecule has 0 bridgehead atoms. The van der Waals surface area contributed by atoms with Crippen LogP contribution >= 0.6 is 15.9 Å². The third-order valence-electron chi connectivity index (χ3n) is 3.15. The number of nitrogens with zero attached hydrogens (tertiary/aromatic N) is 2. The summed E-state index contributed by atoms with van der Waals surface area (Å²) in [5.74, 6) is 0. The van der Waals surface area contributed by atoms with E-state index < -0.39 is 0 Å². The normalized spacial score (nSPS) is 23.1. The van der Waals surface area contributed by atoms with E-state index in [1.165, 1.54) is 5.69 Å². The minimum atomic E-state index is 0.641. The smallest absolute Gasteiger partial charge is 0.0367 e. The van der Waals surface area contributed by atoms with Crippen LogP contribution < -0.4 is 4.90 Å². The summed E-state index contributed by atoms with van der Waals surface area (Å²) in [6, 6.07) is 9.23. The van der Waals surface area contributed by atoms with E-state index in [0.29, 0.717) is 6.04 Å². The van der Waals surface area contributed by atoms with Gasteiger partial charge in [-0.2, -0.15) is 0 Å². The summed E-state index contributed by atoms with van der Waals surface area (Å²) in [5.41, 5.74) is 1.33. The van der Waals surface area contributed by atoms with Crippen LogP contribution in [0, 0.1) is 0 Å². The average molecular weight is 269 g/mol. The highest BCUT2D eigenvalue weighted by molar-refractivity contribution is 9.10. The van der Waals surface area contributed by atoms with Gasteiger partial charge in [-0.3, -0.25) is 0 Å². The van der Waals surface area contributed by atoms with Gasteiger partial charge in [0.15, 0.2) is 0 Å². The van der Waals surface area contributed by atoms with Crippen molar-refractivity contribution in [3.8, 4) is 0 Å². The van der Waals surface area contributed by atoms with Crippen LogP contribution in [0.4, 0.5) is 5.69 Å². The molecule has 2 nitrogen and oxygen atoms in total. The van der Waals surface area contributed by atoms with Gasteiger partial charge in [-0.15, -0.1) is 0 Å². The Bertz CT molecular complexity index is 323. The SMILES string of the molecule is C[C@H]1CN(c2ccc(Br)cc2)CCN1C.